The number of hydrogen-bond acceptors (Lipinski definition) is 2. The molecule has 19 heavy (non-hydrogen) atoms. The minimum absolute atomic E-state index is 0.130. The van der Waals surface area contributed by atoms with Gasteiger partial charge in [0.05, 0.1) is 12.1 Å². The van der Waals surface area contributed by atoms with Gasteiger partial charge in [0, 0.05) is 22.2 Å². The third kappa shape index (κ3) is 2.37. The van der Waals surface area contributed by atoms with Crippen molar-refractivity contribution in [3.63, 3.8) is 0 Å². The quantitative estimate of drug-likeness (QED) is 0.881. The lowest BCUT2D eigenvalue weighted by Crippen LogP contribution is -2.20. The first-order valence-corrected chi connectivity index (χ1v) is 6.86. The van der Waals surface area contributed by atoms with Gasteiger partial charge in [-0.3, -0.25) is 0 Å². The molecule has 4 heteroatoms. The van der Waals surface area contributed by atoms with Gasteiger partial charge in [-0.1, -0.05) is 53.5 Å². The summed E-state index contributed by atoms with van der Waals surface area (Å²) in [6.45, 7) is 0.767. The second kappa shape index (κ2) is 5.14. The minimum atomic E-state index is -0.687. The van der Waals surface area contributed by atoms with E-state index in [2.05, 4.69) is 11.4 Å². The van der Waals surface area contributed by atoms with E-state index in [1.807, 2.05) is 18.2 Å². The zero-order chi connectivity index (χ0) is 13.4. The summed E-state index contributed by atoms with van der Waals surface area (Å²) in [6, 6.07) is 13.1. The Bertz CT molecular complexity index is 615. The van der Waals surface area contributed by atoms with Gasteiger partial charge in [0.25, 0.3) is 0 Å². The molecule has 2 unspecified atom stereocenters. The van der Waals surface area contributed by atoms with Crippen molar-refractivity contribution in [1.82, 2.24) is 5.32 Å². The van der Waals surface area contributed by atoms with Crippen molar-refractivity contribution >= 4 is 23.2 Å². The third-order valence-electron chi connectivity index (χ3n) is 3.50. The summed E-state index contributed by atoms with van der Waals surface area (Å²) in [6.07, 6.45) is -0.687. The Morgan fingerprint density at radius 1 is 1.16 bits per heavy atom. The Morgan fingerprint density at radius 2 is 1.95 bits per heavy atom. The van der Waals surface area contributed by atoms with Crippen molar-refractivity contribution in [2.45, 2.75) is 18.7 Å². The lowest BCUT2D eigenvalue weighted by atomic mass is 9.96. The molecule has 0 amide bonds. The smallest absolute Gasteiger partial charge is 0.0999 e. The average Bonchev–Trinajstić information content (AvgIpc) is 2.82. The topological polar surface area (TPSA) is 32.3 Å². The molecule has 2 aromatic rings. The van der Waals surface area contributed by atoms with Gasteiger partial charge in [0.15, 0.2) is 0 Å². The van der Waals surface area contributed by atoms with Gasteiger partial charge in [0.1, 0.15) is 0 Å². The summed E-state index contributed by atoms with van der Waals surface area (Å²) in [5, 5.41) is 14.9. The summed E-state index contributed by atoms with van der Waals surface area (Å²) >= 11 is 12.0. The number of nitrogens with one attached hydrogen (secondary N) is 1. The number of halogens is 2. The minimum Gasteiger partial charge on any atom is -0.386 e. The largest absolute Gasteiger partial charge is 0.386 e. The Balaban J connectivity index is 1.95. The molecule has 2 N–H and O–H groups in total. The molecule has 0 spiro atoms. The molecule has 0 radical (unpaired) electrons. The maximum atomic E-state index is 10.5. The van der Waals surface area contributed by atoms with E-state index >= 15 is 0 Å². The molecule has 0 bridgehead atoms. The van der Waals surface area contributed by atoms with E-state index in [-0.39, 0.29) is 6.04 Å². The van der Waals surface area contributed by atoms with E-state index in [9.17, 15) is 5.11 Å². The van der Waals surface area contributed by atoms with Crippen molar-refractivity contribution in [3.05, 3.63) is 69.2 Å². The van der Waals surface area contributed by atoms with Crippen LogP contribution in [0.5, 0.6) is 0 Å². The molecule has 2 nitrogen and oxygen atoms in total. The number of benzene rings is 2. The lowest BCUT2D eigenvalue weighted by Gasteiger charge is -2.21. The molecule has 0 fully saturated rings. The molecule has 0 saturated carbocycles. The van der Waals surface area contributed by atoms with Crippen LogP contribution >= 0.6 is 23.2 Å². The van der Waals surface area contributed by atoms with Crippen LogP contribution in [-0.2, 0) is 6.54 Å². The fourth-order valence-electron chi connectivity index (χ4n) is 2.53. The zero-order valence-electron chi connectivity index (χ0n) is 10.1. The molecule has 2 atom stereocenters. The molecule has 1 aliphatic heterocycles. The zero-order valence-corrected chi connectivity index (χ0v) is 11.6. The molecule has 3 rings (SSSR count). The molecule has 0 aromatic heterocycles. The SMILES string of the molecule is OC(c1ccc(Cl)cc1Cl)C1NCc2ccccc21. The number of rotatable bonds is 2. The summed E-state index contributed by atoms with van der Waals surface area (Å²) in [5.74, 6) is 0. The molecular weight excluding hydrogens is 281 g/mol. The second-order valence-corrected chi connectivity index (χ2v) is 5.51. The van der Waals surface area contributed by atoms with Gasteiger partial charge in [0.2, 0.25) is 0 Å². The van der Waals surface area contributed by atoms with Crippen molar-refractivity contribution in [2.75, 3.05) is 0 Å². The molecule has 0 saturated heterocycles. The molecule has 0 aliphatic carbocycles. The monoisotopic (exact) mass is 293 g/mol. The number of fused-ring (bicyclic) bond motifs is 1. The van der Waals surface area contributed by atoms with Gasteiger partial charge >= 0.3 is 0 Å². The highest BCUT2D eigenvalue weighted by atomic mass is 35.5. The average molecular weight is 294 g/mol. The first-order chi connectivity index (χ1) is 9.16. The molecule has 2 aromatic carbocycles. The van der Waals surface area contributed by atoms with E-state index in [1.54, 1.807) is 18.2 Å². The third-order valence-corrected chi connectivity index (χ3v) is 4.06. The maximum Gasteiger partial charge on any atom is 0.0999 e. The summed E-state index contributed by atoms with van der Waals surface area (Å²) in [4.78, 5) is 0. The van der Waals surface area contributed by atoms with Crippen LogP contribution in [0.3, 0.4) is 0 Å². The van der Waals surface area contributed by atoms with Gasteiger partial charge in [-0.05, 0) is 23.3 Å². The predicted octanol–water partition coefficient (Wildman–Crippen LogP) is 3.87. The summed E-state index contributed by atoms with van der Waals surface area (Å²) < 4.78 is 0. The standard InChI is InChI=1S/C15H13Cl2NO/c16-10-5-6-12(13(17)7-10)15(19)14-11-4-2-1-3-9(11)8-18-14/h1-7,14-15,18-19H,8H2. The van der Waals surface area contributed by atoms with Gasteiger partial charge in [-0.2, -0.15) is 0 Å². The van der Waals surface area contributed by atoms with Crippen LogP contribution in [0, 0.1) is 0 Å². The highest BCUT2D eigenvalue weighted by Gasteiger charge is 2.29. The van der Waals surface area contributed by atoms with Crippen molar-refractivity contribution < 1.29 is 5.11 Å². The van der Waals surface area contributed by atoms with Gasteiger partial charge < -0.3 is 10.4 Å². The van der Waals surface area contributed by atoms with Crippen molar-refractivity contribution in [2.24, 2.45) is 0 Å². The predicted molar refractivity (Wildman–Crippen MR) is 77.4 cm³/mol. The van der Waals surface area contributed by atoms with E-state index in [0.29, 0.717) is 15.6 Å². The van der Waals surface area contributed by atoms with Crippen LogP contribution in [-0.4, -0.2) is 5.11 Å². The Labute approximate surface area is 122 Å². The van der Waals surface area contributed by atoms with E-state index in [4.69, 9.17) is 23.2 Å². The maximum absolute atomic E-state index is 10.5. The fourth-order valence-corrected chi connectivity index (χ4v) is 3.05. The summed E-state index contributed by atoms with van der Waals surface area (Å²) in [7, 11) is 0. The molecule has 98 valence electrons. The first-order valence-electron chi connectivity index (χ1n) is 6.11. The molecule has 1 aliphatic rings. The second-order valence-electron chi connectivity index (χ2n) is 4.67. The van der Waals surface area contributed by atoms with Crippen molar-refractivity contribution in [3.8, 4) is 0 Å². The fraction of sp³-hybridized carbons (Fsp3) is 0.200. The van der Waals surface area contributed by atoms with E-state index in [0.717, 1.165) is 12.1 Å². The van der Waals surface area contributed by atoms with Gasteiger partial charge in [-0.15, -0.1) is 0 Å². The Morgan fingerprint density at radius 3 is 2.74 bits per heavy atom. The van der Waals surface area contributed by atoms with E-state index in [1.165, 1.54) is 5.56 Å². The first kappa shape index (κ1) is 12.9. The highest BCUT2D eigenvalue weighted by molar-refractivity contribution is 6.35. The van der Waals surface area contributed by atoms with Crippen LogP contribution in [0.15, 0.2) is 42.5 Å². The highest BCUT2D eigenvalue weighted by Crippen LogP contribution is 2.38. The van der Waals surface area contributed by atoms with Crippen LogP contribution in [0.1, 0.15) is 28.8 Å². The number of aliphatic hydroxyl groups is 1. The van der Waals surface area contributed by atoms with Crippen LogP contribution in [0.2, 0.25) is 10.0 Å². The van der Waals surface area contributed by atoms with Crippen LogP contribution in [0.4, 0.5) is 0 Å². The van der Waals surface area contributed by atoms with Gasteiger partial charge in [-0.25, -0.2) is 0 Å². The Hall–Kier alpha value is -1.06. The lowest BCUT2D eigenvalue weighted by molar-refractivity contribution is 0.134. The molecule has 1 heterocycles. The number of hydrogen-bond donors (Lipinski definition) is 2. The van der Waals surface area contributed by atoms with Crippen molar-refractivity contribution in [1.29, 1.82) is 0 Å². The number of aliphatic hydroxyl groups excluding tert-OH is 1. The normalized spacial score (nSPS) is 19.2. The van der Waals surface area contributed by atoms with E-state index < -0.39 is 6.10 Å². The van der Waals surface area contributed by atoms with Crippen LogP contribution in [0.25, 0.3) is 0 Å². The molecular formula is C15H13Cl2NO. The summed E-state index contributed by atoms with van der Waals surface area (Å²) in [5.41, 5.74) is 3.04. The Kier molecular flexibility index (Phi) is 3.50. The van der Waals surface area contributed by atoms with Crippen LogP contribution < -0.4 is 5.32 Å².